The molecule has 0 aliphatic heterocycles. The van der Waals surface area contributed by atoms with E-state index in [4.69, 9.17) is 4.74 Å². The predicted octanol–water partition coefficient (Wildman–Crippen LogP) is 3.20. The van der Waals surface area contributed by atoms with Crippen molar-refractivity contribution in [2.24, 2.45) is 0 Å². The molecule has 1 saturated carbocycles. The molecule has 16 heavy (non-hydrogen) atoms. The van der Waals surface area contributed by atoms with E-state index in [0.29, 0.717) is 12.1 Å². The van der Waals surface area contributed by atoms with Gasteiger partial charge in [0.15, 0.2) is 0 Å². The lowest BCUT2D eigenvalue weighted by atomic mass is 9.93. The summed E-state index contributed by atoms with van der Waals surface area (Å²) in [5.74, 6) is -0.185. The highest BCUT2D eigenvalue weighted by molar-refractivity contribution is 5.44. The minimum absolute atomic E-state index is 0.185. The SMILES string of the molecule is COC1CCC(Nc2cccc(F)c2)CC1. The molecular formula is C13H18FNO. The van der Waals surface area contributed by atoms with E-state index in [2.05, 4.69) is 5.32 Å². The number of rotatable bonds is 3. The number of halogens is 1. The quantitative estimate of drug-likeness (QED) is 0.849. The fourth-order valence-electron chi connectivity index (χ4n) is 2.26. The normalized spacial score (nSPS) is 25.4. The van der Waals surface area contributed by atoms with Gasteiger partial charge in [0.2, 0.25) is 0 Å². The van der Waals surface area contributed by atoms with Crippen molar-refractivity contribution in [3.63, 3.8) is 0 Å². The van der Waals surface area contributed by atoms with E-state index in [0.717, 1.165) is 31.4 Å². The maximum Gasteiger partial charge on any atom is 0.125 e. The summed E-state index contributed by atoms with van der Waals surface area (Å²) in [5.41, 5.74) is 0.876. The van der Waals surface area contributed by atoms with E-state index < -0.39 is 0 Å². The first-order chi connectivity index (χ1) is 7.78. The molecule has 2 nitrogen and oxygen atoms in total. The van der Waals surface area contributed by atoms with Crippen molar-refractivity contribution in [3.8, 4) is 0 Å². The molecule has 88 valence electrons. The number of benzene rings is 1. The fraction of sp³-hybridized carbons (Fsp3) is 0.538. The first kappa shape index (κ1) is 11.4. The molecule has 0 aromatic heterocycles. The molecule has 2 rings (SSSR count). The van der Waals surface area contributed by atoms with Crippen LogP contribution in [0, 0.1) is 5.82 Å². The van der Waals surface area contributed by atoms with E-state index in [9.17, 15) is 4.39 Å². The van der Waals surface area contributed by atoms with E-state index >= 15 is 0 Å². The van der Waals surface area contributed by atoms with Crippen molar-refractivity contribution in [3.05, 3.63) is 30.1 Å². The van der Waals surface area contributed by atoms with Crippen molar-refractivity contribution in [2.45, 2.75) is 37.8 Å². The van der Waals surface area contributed by atoms with Crippen LogP contribution >= 0.6 is 0 Å². The van der Waals surface area contributed by atoms with E-state index in [-0.39, 0.29) is 5.82 Å². The lowest BCUT2D eigenvalue weighted by molar-refractivity contribution is 0.0682. The molecule has 0 amide bonds. The van der Waals surface area contributed by atoms with Gasteiger partial charge in [0, 0.05) is 18.8 Å². The van der Waals surface area contributed by atoms with Crippen LogP contribution in [0.3, 0.4) is 0 Å². The number of methoxy groups -OCH3 is 1. The first-order valence-electron chi connectivity index (χ1n) is 5.83. The second kappa shape index (κ2) is 5.30. The zero-order chi connectivity index (χ0) is 11.4. The third kappa shape index (κ3) is 2.95. The predicted molar refractivity (Wildman–Crippen MR) is 63.1 cm³/mol. The van der Waals surface area contributed by atoms with Crippen LogP contribution in [-0.4, -0.2) is 19.3 Å². The van der Waals surface area contributed by atoms with Gasteiger partial charge in [-0.15, -0.1) is 0 Å². The second-order valence-electron chi connectivity index (χ2n) is 4.36. The molecule has 0 radical (unpaired) electrons. The molecule has 0 spiro atoms. The molecule has 0 heterocycles. The molecule has 3 heteroatoms. The molecule has 1 N–H and O–H groups in total. The second-order valence-corrected chi connectivity index (χ2v) is 4.36. The van der Waals surface area contributed by atoms with E-state index in [1.165, 1.54) is 6.07 Å². The van der Waals surface area contributed by atoms with Crippen LogP contribution in [0.5, 0.6) is 0 Å². The van der Waals surface area contributed by atoms with Crippen LogP contribution < -0.4 is 5.32 Å². The van der Waals surface area contributed by atoms with Gasteiger partial charge in [0.1, 0.15) is 5.82 Å². The molecule has 0 unspecified atom stereocenters. The van der Waals surface area contributed by atoms with Gasteiger partial charge in [0.25, 0.3) is 0 Å². The third-order valence-corrected chi connectivity index (χ3v) is 3.20. The van der Waals surface area contributed by atoms with Crippen LogP contribution in [0.2, 0.25) is 0 Å². The zero-order valence-electron chi connectivity index (χ0n) is 9.58. The van der Waals surface area contributed by atoms with Crippen LogP contribution in [0.25, 0.3) is 0 Å². The average Bonchev–Trinajstić information content (AvgIpc) is 2.30. The van der Waals surface area contributed by atoms with Crippen LogP contribution in [0.4, 0.5) is 10.1 Å². The Morgan fingerprint density at radius 1 is 1.25 bits per heavy atom. The minimum Gasteiger partial charge on any atom is -0.382 e. The number of anilines is 1. The van der Waals surface area contributed by atoms with Gasteiger partial charge < -0.3 is 10.1 Å². The third-order valence-electron chi connectivity index (χ3n) is 3.20. The Morgan fingerprint density at radius 3 is 2.62 bits per heavy atom. The molecule has 0 atom stereocenters. The Bertz CT molecular complexity index is 334. The number of hydrogen-bond donors (Lipinski definition) is 1. The fourth-order valence-corrected chi connectivity index (χ4v) is 2.26. The van der Waals surface area contributed by atoms with Crippen molar-refractivity contribution in [2.75, 3.05) is 12.4 Å². The first-order valence-corrected chi connectivity index (χ1v) is 5.83. The Kier molecular flexibility index (Phi) is 3.78. The summed E-state index contributed by atoms with van der Waals surface area (Å²) in [6.07, 6.45) is 4.77. The Labute approximate surface area is 95.8 Å². The zero-order valence-corrected chi connectivity index (χ0v) is 9.58. The van der Waals surface area contributed by atoms with E-state index in [1.54, 1.807) is 19.2 Å². The minimum atomic E-state index is -0.185. The summed E-state index contributed by atoms with van der Waals surface area (Å²) in [7, 11) is 1.77. The van der Waals surface area contributed by atoms with Crippen molar-refractivity contribution in [1.29, 1.82) is 0 Å². The Balaban J connectivity index is 1.87. The van der Waals surface area contributed by atoms with Gasteiger partial charge in [-0.3, -0.25) is 0 Å². The Morgan fingerprint density at radius 2 is 2.00 bits per heavy atom. The standard InChI is InChI=1S/C13H18FNO/c1-16-13-7-5-11(6-8-13)15-12-4-2-3-10(14)9-12/h2-4,9,11,13,15H,5-8H2,1H3. The lowest BCUT2D eigenvalue weighted by Crippen LogP contribution is -2.29. The van der Waals surface area contributed by atoms with Crippen LogP contribution in [0.1, 0.15) is 25.7 Å². The van der Waals surface area contributed by atoms with E-state index in [1.807, 2.05) is 6.07 Å². The van der Waals surface area contributed by atoms with Gasteiger partial charge in [-0.1, -0.05) is 6.07 Å². The maximum absolute atomic E-state index is 13.0. The molecule has 1 aliphatic carbocycles. The largest absolute Gasteiger partial charge is 0.382 e. The molecular weight excluding hydrogens is 205 g/mol. The van der Waals surface area contributed by atoms with Gasteiger partial charge >= 0.3 is 0 Å². The molecule has 1 fully saturated rings. The summed E-state index contributed by atoms with van der Waals surface area (Å²) < 4.78 is 18.3. The number of ether oxygens (including phenoxy) is 1. The van der Waals surface area contributed by atoms with Crippen molar-refractivity contribution >= 4 is 5.69 Å². The average molecular weight is 223 g/mol. The highest BCUT2D eigenvalue weighted by Crippen LogP contribution is 2.23. The van der Waals surface area contributed by atoms with Crippen molar-refractivity contribution < 1.29 is 9.13 Å². The smallest absolute Gasteiger partial charge is 0.125 e. The molecule has 1 aromatic rings. The van der Waals surface area contributed by atoms with Gasteiger partial charge in [-0.2, -0.15) is 0 Å². The monoisotopic (exact) mass is 223 g/mol. The molecule has 0 bridgehead atoms. The molecule has 1 aromatic carbocycles. The van der Waals surface area contributed by atoms with Crippen LogP contribution in [0.15, 0.2) is 24.3 Å². The maximum atomic E-state index is 13.0. The number of hydrogen-bond acceptors (Lipinski definition) is 2. The van der Waals surface area contributed by atoms with Gasteiger partial charge in [-0.05, 0) is 43.9 Å². The molecule has 0 saturated heterocycles. The summed E-state index contributed by atoms with van der Waals surface area (Å²) in [4.78, 5) is 0. The lowest BCUT2D eigenvalue weighted by Gasteiger charge is -2.28. The Hall–Kier alpha value is -1.09. The topological polar surface area (TPSA) is 21.3 Å². The van der Waals surface area contributed by atoms with Crippen LogP contribution in [-0.2, 0) is 4.74 Å². The van der Waals surface area contributed by atoms with Gasteiger partial charge in [0.05, 0.1) is 6.10 Å². The summed E-state index contributed by atoms with van der Waals surface area (Å²) in [6.45, 7) is 0. The summed E-state index contributed by atoms with van der Waals surface area (Å²) in [6, 6.07) is 7.10. The highest BCUT2D eigenvalue weighted by Gasteiger charge is 2.20. The van der Waals surface area contributed by atoms with Gasteiger partial charge in [-0.25, -0.2) is 4.39 Å². The van der Waals surface area contributed by atoms with Crippen molar-refractivity contribution in [1.82, 2.24) is 0 Å². The number of nitrogens with one attached hydrogen (secondary N) is 1. The molecule has 1 aliphatic rings. The summed E-state index contributed by atoms with van der Waals surface area (Å²) >= 11 is 0. The summed E-state index contributed by atoms with van der Waals surface area (Å²) in [5, 5.41) is 3.37. The highest BCUT2D eigenvalue weighted by atomic mass is 19.1.